The lowest BCUT2D eigenvalue weighted by atomic mass is 10.1. The molecule has 2 N–H and O–H groups in total. The zero-order chi connectivity index (χ0) is 17.4. The van der Waals surface area contributed by atoms with Crippen LogP contribution in [-0.4, -0.2) is 35.8 Å². The lowest BCUT2D eigenvalue weighted by Crippen LogP contribution is -2.32. The number of hydrogen-bond donors (Lipinski definition) is 2. The van der Waals surface area contributed by atoms with Gasteiger partial charge in [0.1, 0.15) is 0 Å². The van der Waals surface area contributed by atoms with Crippen LogP contribution in [0, 0.1) is 0 Å². The van der Waals surface area contributed by atoms with Gasteiger partial charge in [-0.2, -0.15) is 5.10 Å². The van der Waals surface area contributed by atoms with E-state index in [4.69, 9.17) is 0 Å². The highest BCUT2D eigenvalue weighted by Gasteiger charge is 2.16. The lowest BCUT2D eigenvalue weighted by Gasteiger charge is -2.11. The van der Waals surface area contributed by atoms with Gasteiger partial charge in [0, 0.05) is 18.5 Å². The third kappa shape index (κ3) is 4.41. The van der Waals surface area contributed by atoms with E-state index in [0.29, 0.717) is 29.6 Å². The molecule has 1 amide bonds. The number of hydrogen-bond acceptors (Lipinski definition) is 4. The topological polar surface area (TPSA) is 76.0 Å². The van der Waals surface area contributed by atoms with E-state index >= 15 is 0 Å². The largest absolute Gasteiger partial charge is 0.351 e. The van der Waals surface area contributed by atoms with Crippen molar-refractivity contribution in [1.82, 2.24) is 20.4 Å². The van der Waals surface area contributed by atoms with Gasteiger partial charge in [0.05, 0.1) is 5.39 Å². The number of carbonyl (C=O) groups excluding carboxylic acids is 1. The Bertz CT molecular complexity index is 739. The van der Waals surface area contributed by atoms with Crippen LogP contribution < -0.4 is 16.2 Å². The number of unbranched alkanes of at least 4 members (excludes halogenated alkanes) is 2. The lowest BCUT2D eigenvalue weighted by molar-refractivity contribution is 0.0947. The molecule has 1 aromatic carbocycles. The number of nitrogens with zero attached hydrogens (tertiary/aromatic N) is 2. The molecular formula is C18H26N4O2. The van der Waals surface area contributed by atoms with E-state index in [1.807, 2.05) is 19.2 Å². The SMILES string of the molecule is CCCCCn1nc(C(=O)NCCCNC)c2ccccc2c1=O. The molecule has 0 aliphatic rings. The third-order valence-corrected chi connectivity index (χ3v) is 3.95. The summed E-state index contributed by atoms with van der Waals surface area (Å²) in [5.74, 6) is -0.230. The Hall–Kier alpha value is -2.21. The number of aryl methyl sites for hydroxylation is 1. The number of benzene rings is 1. The zero-order valence-corrected chi connectivity index (χ0v) is 14.5. The molecule has 0 aliphatic heterocycles. The maximum atomic E-state index is 12.6. The predicted molar refractivity (Wildman–Crippen MR) is 96.4 cm³/mol. The number of fused-ring (bicyclic) bond motifs is 1. The van der Waals surface area contributed by atoms with Crippen LogP contribution >= 0.6 is 0 Å². The zero-order valence-electron chi connectivity index (χ0n) is 14.5. The molecule has 0 spiro atoms. The van der Waals surface area contributed by atoms with E-state index in [2.05, 4.69) is 22.7 Å². The second-order valence-corrected chi connectivity index (χ2v) is 5.84. The van der Waals surface area contributed by atoms with Crippen LogP contribution in [0.15, 0.2) is 29.1 Å². The molecule has 24 heavy (non-hydrogen) atoms. The normalized spacial score (nSPS) is 10.9. The maximum Gasteiger partial charge on any atom is 0.274 e. The summed E-state index contributed by atoms with van der Waals surface area (Å²) < 4.78 is 1.43. The van der Waals surface area contributed by atoms with Crippen molar-refractivity contribution < 1.29 is 4.79 Å². The molecule has 2 aromatic rings. The van der Waals surface area contributed by atoms with E-state index in [-0.39, 0.29) is 11.5 Å². The van der Waals surface area contributed by atoms with Crippen molar-refractivity contribution in [2.75, 3.05) is 20.1 Å². The van der Waals surface area contributed by atoms with Gasteiger partial charge in [-0.15, -0.1) is 0 Å². The minimum Gasteiger partial charge on any atom is -0.351 e. The van der Waals surface area contributed by atoms with Gasteiger partial charge in [-0.25, -0.2) is 4.68 Å². The summed E-state index contributed by atoms with van der Waals surface area (Å²) in [7, 11) is 1.88. The standard InChI is InChI=1S/C18H26N4O2/c1-3-4-7-13-22-18(24)15-10-6-5-9-14(15)16(21-22)17(23)20-12-8-11-19-2/h5-6,9-10,19H,3-4,7-8,11-13H2,1-2H3,(H,20,23). The average molecular weight is 330 g/mol. The van der Waals surface area contributed by atoms with E-state index in [1.165, 1.54) is 4.68 Å². The molecule has 0 radical (unpaired) electrons. The van der Waals surface area contributed by atoms with Crippen LogP contribution in [0.25, 0.3) is 10.8 Å². The maximum absolute atomic E-state index is 12.6. The molecule has 6 nitrogen and oxygen atoms in total. The van der Waals surface area contributed by atoms with E-state index in [0.717, 1.165) is 32.2 Å². The monoisotopic (exact) mass is 330 g/mol. The second-order valence-electron chi connectivity index (χ2n) is 5.84. The fourth-order valence-electron chi connectivity index (χ4n) is 2.62. The molecule has 0 saturated heterocycles. The summed E-state index contributed by atoms with van der Waals surface area (Å²) in [5, 5.41) is 11.4. The van der Waals surface area contributed by atoms with Crippen molar-refractivity contribution >= 4 is 16.7 Å². The quantitative estimate of drug-likeness (QED) is 0.689. The summed E-state index contributed by atoms with van der Waals surface area (Å²) in [6.45, 7) is 4.06. The molecule has 0 aliphatic carbocycles. The fourth-order valence-corrected chi connectivity index (χ4v) is 2.62. The molecule has 0 bridgehead atoms. The number of rotatable bonds is 9. The van der Waals surface area contributed by atoms with Crippen molar-refractivity contribution in [3.63, 3.8) is 0 Å². The first kappa shape index (κ1) is 18.1. The summed E-state index contributed by atoms with van der Waals surface area (Å²) in [4.78, 5) is 25.1. The van der Waals surface area contributed by atoms with Crippen molar-refractivity contribution in [3.8, 4) is 0 Å². The van der Waals surface area contributed by atoms with Crippen LogP contribution in [0.3, 0.4) is 0 Å². The van der Waals surface area contributed by atoms with E-state index in [9.17, 15) is 9.59 Å². The molecule has 2 rings (SSSR count). The third-order valence-electron chi connectivity index (χ3n) is 3.95. The minimum atomic E-state index is -0.230. The molecule has 1 aromatic heterocycles. The summed E-state index contributed by atoms with van der Waals surface area (Å²) in [5.41, 5.74) is 0.194. The number of amides is 1. The van der Waals surface area contributed by atoms with Crippen molar-refractivity contribution in [2.45, 2.75) is 39.2 Å². The van der Waals surface area contributed by atoms with Crippen LogP contribution in [0.5, 0.6) is 0 Å². The number of nitrogens with one attached hydrogen (secondary N) is 2. The summed E-state index contributed by atoms with van der Waals surface area (Å²) in [6, 6.07) is 7.17. The molecule has 0 unspecified atom stereocenters. The van der Waals surface area contributed by atoms with Crippen LogP contribution in [0.4, 0.5) is 0 Å². The first-order chi connectivity index (χ1) is 11.7. The molecule has 130 valence electrons. The van der Waals surface area contributed by atoms with Crippen LogP contribution in [-0.2, 0) is 6.54 Å². The Morgan fingerprint density at radius 1 is 1.12 bits per heavy atom. The van der Waals surface area contributed by atoms with Gasteiger partial charge in [0.2, 0.25) is 0 Å². The predicted octanol–water partition coefficient (Wildman–Crippen LogP) is 1.93. The Morgan fingerprint density at radius 2 is 1.88 bits per heavy atom. The van der Waals surface area contributed by atoms with Crippen LogP contribution in [0.2, 0.25) is 0 Å². The molecule has 1 heterocycles. The Morgan fingerprint density at radius 3 is 2.58 bits per heavy atom. The van der Waals surface area contributed by atoms with Crippen LogP contribution in [0.1, 0.15) is 43.1 Å². The van der Waals surface area contributed by atoms with E-state index < -0.39 is 0 Å². The summed E-state index contributed by atoms with van der Waals surface area (Å²) in [6.07, 6.45) is 3.83. The minimum absolute atomic E-state index is 0.131. The Kier molecular flexibility index (Phi) is 6.93. The van der Waals surface area contributed by atoms with Gasteiger partial charge in [0.15, 0.2) is 5.69 Å². The Balaban J connectivity index is 2.31. The first-order valence-corrected chi connectivity index (χ1v) is 8.61. The van der Waals surface area contributed by atoms with Gasteiger partial charge in [0.25, 0.3) is 11.5 Å². The molecule has 0 saturated carbocycles. The van der Waals surface area contributed by atoms with Gasteiger partial charge in [-0.1, -0.05) is 38.0 Å². The summed E-state index contributed by atoms with van der Waals surface area (Å²) >= 11 is 0. The fraction of sp³-hybridized carbons (Fsp3) is 0.500. The van der Waals surface area contributed by atoms with Crippen molar-refractivity contribution in [1.29, 1.82) is 0 Å². The second kappa shape index (κ2) is 9.17. The number of aromatic nitrogens is 2. The van der Waals surface area contributed by atoms with Gasteiger partial charge in [-0.3, -0.25) is 9.59 Å². The Labute approximate surface area is 142 Å². The average Bonchev–Trinajstić information content (AvgIpc) is 2.61. The van der Waals surface area contributed by atoms with Crippen molar-refractivity contribution in [2.24, 2.45) is 0 Å². The first-order valence-electron chi connectivity index (χ1n) is 8.61. The molecular weight excluding hydrogens is 304 g/mol. The van der Waals surface area contributed by atoms with Gasteiger partial charge < -0.3 is 10.6 Å². The highest BCUT2D eigenvalue weighted by atomic mass is 16.2. The molecule has 0 atom stereocenters. The molecule has 6 heteroatoms. The smallest absolute Gasteiger partial charge is 0.274 e. The molecule has 0 fully saturated rings. The van der Waals surface area contributed by atoms with Gasteiger partial charge >= 0.3 is 0 Å². The van der Waals surface area contributed by atoms with Crippen molar-refractivity contribution in [3.05, 3.63) is 40.3 Å². The van der Waals surface area contributed by atoms with E-state index in [1.54, 1.807) is 12.1 Å². The van der Waals surface area contributed by atoms with Gasteiger partial charge in [-0.05, 0) is 32.5 Å². The highest BCUT2D eigenvalue weighted by molar-refractivity contribution is 6.04. The highest BCUT2D eigenvalue weighted by Crippen LogP contribution is 2.13. The number of carbonyl (C=O) groups is 1.